The minimum absolute atomic E-state index is 0.0267. The fourth-order valence-electron chi connectivity index (χ4n) is 1.31. The number of hydrogen-bond acceptors (Lipinski definition) is 4. The molecule has 0 amide bonds. The summed E-state index contributed by atoms with van der Waals surface area (Å²) in [6, 6.07) is 7.57. The van der Waals surface area contributed by atoms with Crippen molar-refractivity contribution in [2.75, 3.05) is 0 Å². The van der Waals surface area contributed by atoms with E-state index in [2.05, 4.69) is 10.2 Å². The highest BCUT2D eigenvalue weighted by molar-refractivity contribution is 5.75. The molecule has 1 aromatic heterocycles. The van der Waals surface area contributed by atoms with Gasteiger partial charge in [-0.05, 0) is 18.2 Å². The largest absolute Gasteiger partial charge is 0.296 e. The maximum absolute atomic E-state index is 10.4. The standard InChI is InChI=1S/C10H7N3O3/c14-6-8-5-10(12-11-8)7-1-3-9(4-2-7)13(15)16/h1-6H,(H,11,12). The van der Waals surface area contributed by atoms with E-state index in [1.165, 1.54) is 12.1 Å². The molecule has 0 fully saturated rings. The monoisotopic (exact) mass is 217 g/mol. The zero-order valence-corrected chi connectivity index (χ0v) is 8.08. The van der Waals surface area contributed by atoms with E-state index in [-0.39, 0.29) is 5.69 Å². The highest BCUT2D eigenvalue weighted by Gasteiger charge is 2.06. The number of nitrogens with one attached hydrogen (secondary N) is 1. The summed E-state index contributed by atoms with van der Waals surface area (Å²) in [5, 5.41) is 16.9. The third kappa shape index (κ3) is 1.81. The van der Waals surface area contributed by atoms with Crippen LogP contribution in [0.25, 0.3) is 11.3 Å². The Morgan fingerprint density at radius 3 is 2.50 bits per heavy atom. The Kier molecular flexibility index (Phi) is 2.47. The Morgan fingerprint density at radius 1 is 1.31 bits per heavy atom. The van der Waals surface area contributed by atoms with Crippen molar-refractivity contribution < 1.29 is 9.72 Å². The third-order valence-electron chi connectivity index (χ3n) is 2.11. The van der Waals surface area contributed by atoms with Crippen molar-refractivity contribution in [2.45, 2.75) is 0 Å². The number of non-ortho nitro benzene ring substituents is 1. The number of aldehydes is 1. The lowest BCUT2D eigenvalue weighted by Gasteiger charge is -1.95. The summed E-state index contributed by atoms with van der Waals surface area (Å²) < 4.78 is 0. The molecule has 0 saturated heterocycles. The van der Waals surface area contributed by atoms with Crippen molar-refractivity contribution in [2.24, 2.45) is 0 Å². The van der Waals surface area contributed by atoms with Gasteiger partial charge >= 0.3 is 0 Å². The molecule has 2 aromatic rings. The molecule has 0 aliphatic carbocycles. The van der Waals surface area contributed by atoms with Crippen molar-refractivity contribution >= 4 is 12.0 Å². The van der Waals surface area contributed by atoms with Crippen LogP contribution in [0.5, 0.6) is 0 Å². The highest BCUT2D eigenvalue weighted by atomic mass is 16.6. The molecule has 0 atom stereocenters. The number of H-pyrrole nitrogens is 1. The molecule has 0 radical (unpaired) electrons. The Morgan fingerprint density at radius 2 is 2.00 bits per heavy atom. The second kappa shape index (κ2) is 3.93. The summed E-state index contributed by atoms with van der Waals surface area (Å²) in [6.07, 6.45) is 0.630. The summed E-state index contributed by atoms with van der Waals surface area (Å²) in [5.74, 6) is 0. The predicted molar refractivity (Wildman–Crippen MR) is 56.1 cm³/mol. The van der Waals surface area contributed by atoms with Crippen LogP contribution in [0.1, 0.15) is 10.5 Å². The summed E-state index contributed by atoms with van der Waals surface area (Å²) in [4.78, 5) is 20.4. The quantitative estimate of drug-likeness (QED) is 0.482. The molecule has 1 aromatic carbocycles. The Bertz CT molecular complexity index is 530. The zero-order valence-electron chi connectivity index (χ0n) is 8.08. The van der Waals surface area contributed by atoms with E-state index in [4.69, 9.17) is 0 Å². The lowest BCUT2D eigenvalue weighted by Crippen LogP contribution is -1.87. The minimum Gasteiger partial charge on any atom is -0.296 e. The van der Waals surface area contributed by atoms with Crippen LogP contribution in [0, 0.1) is 10.1 Å². The van der Waals surface area contributed by atoms with Crippen LogP contribution in [0.3, 0.4) is 0 Å². The van der Waals surface area contributed by atoms with E-state index in [0.717, 1.165) is 5.56 Å². The van der Waals surface area contributed by atoms with Gasteiger partial charge in [-0.25, -0.2) is 0 Å². The van der Waals surface area contributed by atoms with Crippen LogP contribution >= 0.6 is 0 Å². The fourth-order valence-corrected chi connectivity index (χ4v) is 1.31. The first-order chi connectivity index (χ1) is 7.70. The van der Waals surface area contributed by atoms with Crippen molar-refractivity contribution in [3.63, 3.8) is 0 Å². The second-order valence-electron chi connectivity index (χ2n) is 3.13. The Labute approximate surface area is 90.1 Å². The molecule has 6 nitrogen and oxygen atoms in total. The molecule has 0 saturated carbocycles. The van der Waals surface area contributed by atoms with Crippen molar-refractivity contribution in [3.8, 4) is 11.3 Å². The van der Waals surface area contributed by atoms with Gasteiger partial charge in [0.15, 0.2) is 6.29 Å². The van der Waals surface area contributed by atoms with Gasteiger partial charge in [-0.2, -0.15) is 5.10 Å². The lowest BCUT2D eigenvalue weighted by molar-refractivity contribution is -0.384. The summed E-state index contributed by atoms with van der Waals surface area (Å²) in [6.45, 7) is 0. The predicted octanol–water partition coefficient (Wildman–Crippen LogP) is 1.80. The molecular weight excluding hydrogens is 210 g/mol. The van der Waals surface area contributed by atoms with Crippen LogP contribution in [-0.2, 0) is 0 Å². The highest BCUT2D eigenvalue weighted by Crippen LogP contribution is 2.20. The number of rotatable bonds is 3. The fraction of sp³-hybridized carbons (Fsp3) is 0. The van der Waals surface area contributed by atoms with Crippen LogP contribution in [0.2, 0.25) is 0 Å². The van der Waals surface area contributed by atoms with Gasteiger partial charge in [-0.15, -0.1) is 0 Å². The number of nitro groups is 1. The number of nitro benzene ring substituents is 1. The smallest absolute Gasteiger partial charge is 0.269 e. The molecule has 16 heavy (non-hydrogen) atoms. The number of aromatic nitrogens is 2. The molecular formula is C10H7N3O3. The minimum atomic E-state index is -0.465. The molecule has 80 valence electrons. The van der Waals surface area contributed by atoms with E-state index in [9.17, 15) is 14.9 Å². The van der Waals surface area contributed by atoms with Crippen LogP contribution < -0.4 is 0 Å². The van der Waals surface area contributed by atoms with Gasteiger partial charge in [0, 0.05) is 17.7 Å². The SMILES string of the molecule is O=Cc1cc(-c2ccc([N+](=O)[O-])cc2)[nH]n1. The number of carbonyl (C=O) groups is 1. The van der Waals surface area contributed by atoms with E-state index in [1.54, 1.807) is 18.2 Å². The number of benzene rings is 1. The van der Waals surface area contributed by atoms with Crippen molar-refractivity contribution in [3.05, 3.63) is 46.1 Å². The van der Waals surface area contributed by atoms with Gasteiger partial charge in [0.2, 0.25) is 0 Å². The van der Waals surface area contributed by atoms with Gasteiger partial charge in [-0.3, -0.25) is 20.0 Å². The van der Waals surface area contributed by atoms with E-state index in [1.807, 2.05) is 0 Å². The van der Waals surface area contributed by atoms with Gasteiger partial charge in [-0.1, -0.05) is 0 Å². The summed E-state index contributed by atoms with van der Waals surface area (Å²) >= 11 is 0. The van der Waals surface area contributed by atoms with Gasteiger partial charge in [0.1, 0.15) is 5.69 Å². The summed E-state index contributed by atoms with van der Waals surface area (Å²) in [5.41, 5.74) is 1.72. The molecule has 1 heterocycles. The first-order valence-electron chi connectivity index (χ1n) is 4.46. The molecule has 0 aliphatic heterocycles. The number of carbonyl (C=O) groups excluding carboxylic acids is 1. The Hall–Kier alpha value is -2.50. The molecule has 0 aliphatic rings. The first kappa shape index (κ1) is 10.0. The van der Waals surface area contributed by atoms with Crippen molar-refractivity contribution in [1.82, 2.24) is 10.2 Å². The molecule has 1 N–H and O–H groups in total. The van der Waals surface area contributed by atoms with E-state index >= 15 is 0 Å². The number of nitrogens with zero attached hydrogens (tertiary/aromatic N) is 2. The molecule has 2 rings (SSSR count). The van der Waals surface area contributed by atoms with Crippen LogP contribution in [0.4, 0.5) is 5.69 Å². The summed E-state index contributed by atoms with van der Waals surface area (Å²) in [7, 11) is 0. The van der Waals surface area contributed by atoms with Crippen LogP contribution in [0.15, 0.2) is 30.3 Å². The maximum atomic E-state index is 10.4. The molecule has 6 heteroatoms. The number of aromatic amines is 1. The van der Waals surface area contributed by atoms with Gasteiger partial charge < -0.3 is 0 Å². The van der Waals surface area contributed by atoms with Crippen LogP contribution in [-0.4, -0.2) is 21.4 Å². The number of hydrogen-bond donors (Lipinski definition) is 1. The van der Waals surface area contributed by atoms with Gasteiger partial charge in [0.25, 0.3) is 5.69 Å². The lowest BCUT2D eigenvalue weighted by atomic mass is 10.1. The van der Waals surface area contributed by atoms with E-state index in [0.29, 0.717) is 17.7 Å². The third-order valence-corrected chi connectivity index (χ3v) is 2.11. The normalized spacial score (nSPS) is 10.0. The zero-order chi connectivity index (χ0) is 11.5. The Balaban J connectivity index is 2.34. The average molecular weight is 217 g/mol. The van der Waals surface area contributed by atoms with Gasteiger partial charge in [0.05, 0.1) is 10.6 Å². The molecule has 0 spiro atoms. The second-order valence-corrected chi connectivity index (χ2v) is 3.13. The molecule has 0 unspecified atom stereocenters. The first-order valence-corrected chi connectivity index (χ1v) is 4.46. The maximum Gasteiger partial charge on any atom is 0.269 e. The van der Waals surface area contributed by atoms with Crippen molar-refractivity contribution in [1.29, 1.82) is 0 Å². The van der Waals surface area contributed by atoms with E-state index < -0.39 is 4.92 Å². The topological polar surface area (TPSA) is 88.9 Å². The average Bonchev–Trinajstić information content (AvgIpc) is 2.77. The molecule has 0 bridgehead atoms.